The van der Waals surface area contributed by atoms with Gasteiger partial charge in [-0.15, -0.1) is 0 Å². The van der Waals surface area contributed by atoms with Crippen LogP contribution >= 0.6 is 0 Å². The monoisotopic (exact) mass is 723 g/mol. The number of aromatic carboxylic acids is 1. The Hall–Kier alpha value is -8.02. The molecule has 268 valence electrons. The topological polar surface area (TPSA) is 257 Å². The third-order valence-electron chi connectivity index (χ3n) is 8.20. The van der Waals surface area contributed by atoms with Crippen LogP contribution in [0.3, 0.4) is 0 Å². The average molecular weight is 724 g/mol. The summed E-state index contributed by atoms with van der Waals surface area (Å²) in [5, 5.41) is 24.1. The molecule has 8 rings (SSSR count). The van der Waals surface area contributed by atoms with Crippen LogP contribution in [0.15, 0.2) is 97.6 Å². The van der Waals surface area contributed by atoms with Crippen molar-refractivity contribution in [3.05, 3.63) is 120 Å². The lowest BCUT2D eigenvalue weighted by molar-refractivity contribution is 0.0697. The highest BCUT2D eigenvalue weighted by molar-refractivity contribution is 6.03. The number of nitrogens with two attached hydrogens (primary N) is 1. The van der Waals surface area contributed by atoms with E-state index in [0.29, 0.717) is 51.0 Å². The Kier molecular flexibility index (Phi) is 9.12. The van der Waals surface area contributed by atoms with Crippen molar-refractivity contribution in [3.8, 4) is 22.5 Å². The Bertz CT molecular complexity index is 2540. The first kappa shape index (κ1) is 34.4. The van der Waals surface area contributed by atoms with E-state index in [1.807, 2.05) is 30.3 Å². The summed E-state index contributed by atoms with van der Waals surface area (Å²) in [5.41, 5.74) is 9.76. The van der Waals surface area contributed by atoms with Gasteiger partial charge in [0.05, 0.1) is 5.56 Å². The minimum absolute atomic E-state index is 0.166. The first-order chi connectivity index (χ1) is 26.0. The highest BCUT2D eigenvalue weighted by atomic mass is 16.4. The van der Waals surface area contributed by atoms with Crippen molar-refractivity contribution in [3.63, 3.8) is 0 Å². The Morgan fingerprint density at radius 2 is 1.09 bits per heavy atom. The van der Waals surface area contributed by atoms with Crippen molar-refractivity contribution >= 4 is 57.4 Å². The van der Waals surface area contributed by atoms with E-state index >= 15 is 0 Å². The Morgan fingerprint density at radius 3 is 1.52 bits per heavy atom. The van der Waals surface area contributed by atoms with Crippen LogP contribution in [-0.4, -0.2) is 78.3 Å². The maximum atomic E-state index is 12.2. The van der Waals surface area contributed by atoms with Gasteiger partial charge in [0, 0.05) is 52.9 Å². The fourth-order valence-electron chi connectivity index (χ4n) is 5.63. The van der Waals surface area contributed by atoms with E-state index in [9.17, 15) is 24.3 Å². The second-order valence-corrected chi connectivity index (χ2v) is 11.7. The van der Waals surface area contributed by atoms with E-state index in [0.717, 1.165) is 10.8 Å². The fraction of sp³-hybridized carbons (Fsp3) is 0.0556. The molecule has 2 aromatic carbocycles. The van der Waals surface area contributed by atoms with Gasteiger partial charge in [-0.05, 0) is 48.5 Å². The van der Waals surface area contributed by atoms with Gasteiger partial charge in [0.2, 0.25) is 17.6 Å². The average Bonchev–Trinajstić information content (AvgIpc) is 3.98. The molecule has 6 aromatic heterocycles. The van der Waals surface area contributed by atoms with Crippen LogP contribution in [0.5, 0.6) is 0 Å². The van der Waals surface area contributed by atoms with Gasteiger partial charge < -0.3 is 31.4 Å². The third kappa shape index (κ3) is 6.97. The van der Waals surface area contributed by atoms with E-state index in [4.69, 9.17) is 5.73 Å². The molecule has 0 spiro atoms. The van der Waals surface area contributed by atoms with Crippen molar-refractivity contribution < 1.29 is 24.3 Å². The van der Waals surface area contributed by atoms with E-state index in [-0.39, 0.29) is 17.2 Å². The molecule has 0 bridgehead atoms. The number of benzene rings is 2. The summed E-state index contributed by atoms with van der Waals surface area (Å²) in [6.45, 7) is 0. The highest BCUT2D eigenvalue weighted by Crippen LogP contribution is 2.28. The molecular formula is C36H29N13O5. The summed E-state index contributed by atoms with van der Waals surface area (Å²) >= 11 is 0. The number of carbonyl (C=O) groups is 4. The van der Waals surface area contributed by atoms with Gasteiger partial charge in [0.25, 0.3) is 11.8 Å². The molecule has 0 aliphatic rings. The maximum absolute atomic E-state index is 12.2. The van der Waals surface area contributed by atoms with Gasteiger partial charge in [-0.2, -0.15) is 10.2 Å². The zero-order valence-corrected chi connectivity index (χ0v) is 28.5. The van der Waals surface area contributed by atoms with Crippen LogP contribution in [0.1, 0.15) is 42.0 Å². The lowest BCUT2D eigenvalue weighted by atomic mass is 10.0. The van der Waals surface area contributed by atoms with Gasteiger partial charge in [0.1, 0.15) is 35.6 Å². The van der Waals surface area contributed by atoms with Crippen molar-refractivity contribution in [2.75, 3.05) is 10.6 Å². The second kappa shape index (κ2) is 14.3. The van der Waals surface area contributed by atoms with Crippen LogP contribution in [0, 0.1) is 0 Å². The Morgan fingerprint density at radius 1 is 0.648 bits per heavy atom. The second-order valence-electron chi connectivity index (χ2n) is 11.7. The summed E-state index contributed by atoms with van der Waals surface area (Å²) in [4.78, 5) is 70.4. The molecule has 0 aliphatic carbocycles. The van der Waals surface area contributed by atoms with Crippen LogP contribution in [0.2, 0.25) is 0 Å². The van der Waals surface area contributed by atoms with Gasteiger partial charge in [0.15, 0.2) is 0 Å². The molecule has 0 unspecified atom stereocenters. The van der Waals surface area contributed by atoms with Crippen molar-refractivity contribution in [2.45, 2.75) is 0 Å². The number of primary amides is 1. The minimum atomic E-state index is -1.01. The SMILES string of the molecule is Cn1ncnc1C(=O)Nc1ccc2cc(-c3ccccc3C(=O)O)[nH]c2n1.Cn1ncnc1C(=O)Nc1ccc2cc(-c3ccccc3C(N)=O)[nH]c2n1. The predicted molar refractivity (Wildman–Crippen MR) is 196 cm³/mol. The van der Waals surface area contributed by atoms with Crippen LogP contribution < -0.4 is 16.4 Å². The number of carboxylic acid groups (broad SMARTS) is 1. The molecule has 18 nitrogen and oxygen atoms in total. The number of hydrogen-bond acceptors (Lipinski definition) is 10. The van der Waals surface area contributed by atoms with E-state index in [1.165, 1.54) is 22.0 Å². The van der Waals surface area contributed by atoms with E-state index in [2.05, 4.69) is 50.7 Å². The number of anilines is 2. The quantitative estimate of drug-likeness (QED) is 0.130. The van der Waals surface area contributed by atoms with Gasteiger partial charge >= 0.3 is 5.97 Å². The number of fused-ring (bicyclic) bond motifs is 2. The Balaban J connectivity index is 0.000000167. The third-order valence-corrected chi connectivity index (χ3v) is 8.20. The molecule has 0 saturated carbocycles. The fourth-order valence-corrected chi connectivity index (χ4v) is 5.63. The largest absolute Gasteiger partial charge is 0.478 e. The number of carboxylic acids is 1. The summed E-state index contributed by atoms with van der Waals surface area (Å²) in [7, 11) is 3.25. The number of rotatable bonds is 8. The lowest BCUT2D eigenvalue weighted by Gasteiger charge is -2.04. The zero-order chi connectivity index (χ0) is 37.9. The van der Waals surface area contributed by atoms with E-state index < -0.39 is 23.7 Å². The molecule has 6 heterocycles. The molecular weight excluding hydrogens is 694 g/mol. The molecule has 8 aromatic rings. The van der Waals surface area contributed by atoms with Crippen molar-refractivity contribution in [1.82, 2.24) is 49.5 Å². The smallest absolute Gasteiger partial charge is 0.336 e. The lowest BCUT2D eigenvalue weighted by Crippen LogP contribution is -2.18. The van der Waals surface area contributed by atoms with Crippen LogP contribution in [-0.2, 0) is 14.1 Å². The van der Waals surface area contributed by atoms with Crippen molar-refractivity contribution in [2.24, 2.45) is 19.8 Å². The number of nitrogens with one attached hydrogen (secondary N) is 4. The van der Waals surface area contributed by atoms with Crippen LogP contribution in [0.25, 0.3) is 44.6 Å². The van der Waals surface area contributed by atoms with E-state index in [1.54, 1.807) is 68.7 Å². The Labute approximate surface area is 304 Å². The summed E-state index contributed by atoms with van der Waals surface area (Å²) < 4.78 is 2.74. The first-order valence-electron chi connectivity index (χ1n) is 16.1. The number of aromatic nitrogens is 10. The van der Waals surface area contributed by atoms with Gasteiger partial charge in [-0.3, -0.25) is 14.4 Å². The maximum Gasteiger partial charge on any atom is 0.336 e. The van der Waals surface area contributed by atoms with Gasteiger partial charge in [-0.1, -0.05) is 36.4 Å². The number of H-pyrrole nitrogens is 2. The number of pyridine rings is 2. The molecule has 0 fully saturated rings. The molecule has 0 saturated heterocycles. The molecule has 0 aliphatic heterocycles. The predicted octanol–water partition coefficient (Wildman–Crippen LogP) is 4.02. The molecule has 3 amide bonds. The summed E-state index contributed by atoms with van der Waals surface area (Å²) in [6.07, 6.45) is 2.60. The molecule has 0 radical (unpaired) electrons. The van der Waals surface area contributed by atoms with Crippen molar-refractivity contribution in [1.29, 1.82) is 0 Å². The molecule has 18 heteroatoms. The van der Waals surface area contributed by atoms with Crippen LogP contribution in [0.4, 0.5) is 11.6 Å². The summed E-state index contributed by atoms with van der Waals surface area (Å²) in [5.74, 6) is -1.29. The first-order valence-corrected chi connectivity index (χ1v) is 16.1. The van der Waals surface area contributed by atoms with Gasteiger partial charge in [-0.25, -0.2) is 34.1 Å². The molecule has 0 atom stereocenters. The highest BCUT2D eigenvalue weighted by Gasteiger charge is 2.17. The number of aryl methyl sites for hydroxylation is 2. The standard InChI is InChI=1S/C18H15N7O2.C18H14N6O3/c1-25-17(20-9-21-25)18(27)24-14-7-6-10-8-13(22-16(10)23-14)11-4-2-3-5-12(11)15(19)26;1-24-16(19-9-20-24)17(25)23-14-7-6-10-8-13(21-15(10)22-14)11-4-2-3-5-12(11)18(26)27/h2-9H,1H3,(H2,19,26)(H2,22,23,24,27);2-9H,1H3,(H,26,27)(H2,21,22,23,25). The zero-order valence-electron chi connectivity index (χ0n) is 28.5. The number of nitrogens with zero attached hydrogens (tertiary/aromatic N) is 8. The summed E-state index contributed by atoms with van der Waals surface area (Å²) in [6, 6.07) is 24.4. The molecule has 54 heavy (non-hydrogen) atoms. The number of hydrogen-bond donors (Lipinski definition) is 6. The number of aromatic amines is 2. The molecule has 7 N–H and O–H groups in total. The normalized spacial score (nSPS) is 10.9. The number of amides is 3. The number of carbonyl (C=O) groups excluding carboxylic acids is 3. The minimum Gasteiger partial charge on any atom is -0.478 e.